The van der Waals surface area contributed by atoms with Gasteiger partial charge < -0.3 is 15.4 Å². The predicted molar refractivity (Wildman–Crippen MR) is 110 cm³/mol. The first-order chi connectivity index (χ1) is 16.2. The fourth-order valence-corrected chi connectivity index (χ4v) is 2.74. The summed E-state index contributed by atoms with van der Waals surface area (Å²) < 4.78 is 70.3. The van der Waals surface area contributed by atoms with Gasteiger partial charge in [0.15, 0.2) is 0 Å². The van der Waals surface area contributed by atoms with Crippen molar-refractivity contribution < 1.29 is 41.0 Å². The molecule has 7 nitrogen and oxygen atoms in total. The largest absolute Gasteiger partial charge is 0.490 e. The molecule has 2 aromatic heterocycles. The van der Waals surface area contributed by atoms with Crippen molar-refractivity contribution in [2.45, 2.75) is 25.3 Å². The van der Waals surface area contributed by atoms with Crippen LogP contribution in [0.3, 0.4) is 0 Å². The lowest BCUT2D eigenvalue weighted by molar-refractivity contribution is -0.192. The van der Waals surface area contributed by atoms with E-state index in [2.05, 4.69) is 15.3 Å². The molecule has 0 saturated heterocycles. The molecule has 1 unspecified atom stereocenters. The number of hydrogen-bond donors (Lipinski definition) is 3. The summed E-state index contributed by atoms with van der Waals surface area (Å²) in [5, 5.41) is 9.90. The zero-order valence-corrected chi connectivity index (χ0v) is 17.7. The monoisotopic (exact) mass is 501 g/mol. The fourth-order valence-electron chi connectivity index (χ4n) is 2.74. The van der Waals surface area contributed by atoms with E-state index in [4.69, 9.17) is 9.90 Å². The molecule has 0 saturated carbocycles. The first-order valence-electron chi connectivity index (χ1n) is 9.58. The van der Waals surface area contributed by atoms with E-state index in [-0.39, 0.29) is 11.1 Å². The first-order valence-corrected chi connectivity index (χ1v) is 9.58. The molecule has 0 aliphatic carbocycles. The number of aromatic amines is 1. The number of aryl methyl sites for hydroxylation is 1. The SMILES string of the molecule is Cc1cccnc1C(NC(=O)c1ccc(=O)[nH]c1)c1ccc(C(F)(F)F)cc1.O=C(O)C(F)(F)F. The lowest BCUT2D eigenvalue weighted by atomic mass is 9.98. The third-order valence-electron chi connectivity index (χ3n) is 4.46. The van der Waals surface area contributed by atoms with Crippen LogP contribution in [0.15, 0.2) is 65.7 Å². The maximum absolute atomic E-state index is 12.9. The molecule has 0 radical (unpaired) electrons. The molecule has 0 spiro atoms. The first kappa shape index (κ1) is 27.1. The van der Waals surface area contributed by atoms with Crippen molar-refractivity contribution in [3.63, 3.8) is 0 Å². The fraction of sp³-hybridized carbons (Fsp3) is 0.182. The zero-order chi connectivity index (χ0) is 26.4. The number of aliphatic carboxylic acids is 1. The summed E-state index contributed by atoms with van der Waals surface area (Å²) in [5.41, 5.74) is 0.822. The predicted octanol–water partition coefficient (Wildman–Crippen LogP) is 4.25. The molecular weight excluding hydrogens is 484 g/mol. The Morgan fingerprint density at radius 3 is 2.06 bits per heavy atom. The molecule has 1 atom stereocenters. The molecule has 0 fully saturated rings. The third-order valence-corrected chi connectivity index (χ3v) is 4.46. The van der Waals surface area contributed by atoms with E-state index in [1.165, 1.54) is 30.5 Å². The molecule has 1 aromatic carbocycles. The van der Waals surface area contributed by atoms with Gasteiger partial charge in [0.25, 0.3) is 5.91 Å². The van der Waals surface area contributed by atoms with Gasteiger partial charge in [0, 0.05) is 18.5 Å². The van der Waals surface area contributed by atoms with E-state index in [9.17, 15) is 35.9 Å². The number of H-pyrrole nitrogens is 1. The average molecular weight is 501 g/mol. The minimum atomic E-state index is -5.08. The number of carboxylic acids is 1. The van der Waals surface area contributed by atoms with Crippen LogP contribution < -0.4 is 10.9 Å². The number of pyridine rings is 2. The second-order valence-corrected chi connectivity index (χ2v) is 6.98. The maximum Gasteiger partial charge on any atom is 0.490 e. The van der Waals surface area contributed by atoms with Crippen LogP contribution in [0, 0.1) is 6.92 Å². The van der Waals surface area contributed by atoms with Crippen molar-refractivity contribution in [1.82, 2.24) is 15.3 Å². The van der Waals surface area contributed by atoms with Crippen LogP contribution in [0.1, 0.15) is 38.8 Å². The Morgan fingerprint density at radius 2 is 1.60 bits per heavy atom. The van der Waals surface area contributed by atoms with Crippen molar-refractivity contribution in [2.75, 3.05) is 0 Å². The number of rotatable bonds is 4. The Kier molecular flexibility index (Phi) is 8.39. The quantitative estimate of drug-likeness (QED) is 0.463. The molecule has 1 amide bonds. The molecule has 0 bridgehead atoms. The minimum Gasteiger partial charge on any atom is -0.475 e. The van der Waals surface area contributed by atoms with E-state index >= 15 is 0 Å². The van der Waals surface area contributed by atoms with Crippen LogP contribution >= 0.6 is 0 Å². The highest BCUT2D eigenvalue weighted by molar-refractivity contribution is 5.94. The summed E-state index contributed by atoms with van der Waals surface area (Å²) in [5.74, 6) is -3.25. The average Bonchev–Trinajstić information content (AvgIpc) is 2.78. The van der Waals surface area contributed by atoms with Gasteiger partial charge in [-0.1, -0.05) is 18.2 Å². The summed E-state index contributed by atoms with van der Waals surface area (Å²) in [6.45, 7) is 1.80. The highest BCUT2D eigenvalue weighted by Gasteiger charge is 2.38. The van der Waals surface area contributed by atoms with E-state index in [1.807, 2.05) is 0 Å². The lowest BCUT2D eigenvalue weighted by Crippen LogP contribution is -2.31. The van der Waals surface area contributed by atoms with Crippen molar-refractivity contribution in [2.24, 2.45) is 0 Å². The number of nitrogens with zero attached hydrogens (tertiary/aromatic N) is 1. The number of hydrogen-bond acceptors (Lipinski definition) is 4. The number of nitrogens with one attached hydrogen (secondary N) is 2. The molecule has 13 heteroatoms. The topological polar surface area (TPSA) is 112 Å². The summed E-state index contributed by atoms with van der Waals surface area (Å²) in [7, 11) is 0. The van der Waals surface area contributed by atoms with E-state index < -0.39 is 35.8 Å². The Morgan fingerprint density at radius 1 is 1.00 bits per heavy atom. The molecular formula is C22H17F6N3O4. The number of benzene rings is 1. The molecule has 3 aromatic rings. The van der Waals surface area contributed by atoms with Crippen molar-refractivity contribution in [3.05, 3.63) is 99.2 Å². The smallest absolute Gasteiger partial charge is 0.475 e. The number of carbonyl (C=O) groups is 2. The van der Waals surface area contributed by atoms with Gasteiger partial charge in [0.1, 0.15) is 0 Å². The Bertz CT molecular complexity index is 1220. The van der Waals surface area contributed by atoms with Gasteiger partial charge in [-0.05, 0) is 42.3 Å². The summed E-state index contributed by atoms with van der Waals surface area (Å²) in [4.78, 5) is 39.4. The highest BCUT2D eigenvalue weighted by atomic mass is 19.4. The molecule has 2 heterocycles. The van der Waals surface area contributed by atoms with Crippen molar-refractivity contribution >= 4 is 11.9 Å². The van der Waals surface area contributed by atoms with E-state index in [1.54, 1.807) is 25.3 Å². The summed E-state index contributed by atoms with van der Waals surface area (Å²) >= 11 is 0. The molecule has 0 aliphatic heterocycles. The summed E-state index contributed by atoms with van der Waals surface area (Å²) in [6, 6.07) is 9.90. The lowest BCUT2D eigenvalue weighted by Gasteiger charge is -2.21. The van der Waals surface area contributed by atoms with Gasteiger partial charge in [0.2, 0.25) is 5.56 Å². The molecule has 3 N–H and O–H groups in total. The number of aromatic nitrogens is 2. The standard InChI is InChI=1S/C20H16F3N3O2.C2HF3O2/c1-12-3-2-10-24-17(12)18(13-4-7-15(8-5-13)20(21,22)23)26-19(28)14-6-9-16(27)25-11-14;3-2(4,5)1(6)7/h2-11,18H,1H3,(H,25,27)(H,26,28);(H,6,7). The maximum atomic E-state index is 12.9. The zero-order valence-electron chi connectivity index (χ0n) is 17.7. The van der Waals surface area contributed by atoms with Gasteiger partial charge in [-0.15, -0.1) is 0 Å². The van der Waals surface area contributed by atoms with Gasteiger partial charge in [-0.3, -0.25) is 14.6 Å². The van der Waals surface area contributed by atoms with Gasteiger partial charge in [-0.25, -0.2) is 4.79 Å². The molecule has 3 rings (SSSR count). The third kappa shape index (κ3) is 7.69. The van der Waals surface area contributed by atoms with Crippen LogP contribution in [0.25, 0.3) is 0 Å². The van der Waals surface area contributed by atoms with Crippen LogP contribution in [-0.2, 0) is 11.0 Å². The Labute approximate surface area is 193 Å². The van der Waals surface area contributed by atoms with Crippen LogP contribution in [0.5, 0.6) is 0 Å². The number of alkyl halides is 6. The number of carboxylic acid groups (broad SMARTS) is 1. The highest BCUT2D eigenvalue weighted by Crippen LogP contribution is 2.31. The van der Waals surface area contributed by atoms with Crippen molar-refractivity contribution in [1.29, 1.82) is 0 Å². The van der Waals surface area contributed by atoms with E-state index in [0.717, 1.165) is 17.7 Å². The minimum absolute atomic E-state index is 0.213. The Hall–Kier alpha value is -4.16. The van der Waals surface area contributed by atoms with Gasteiger partial charge in [0.05, 0.1) is 22.9 Å². The number of carbonyl (C=O) groups excluding carboxylic acids is 1. The van der Waals surface area contributed by atoms with Crippen molar-refractivity contribution in [3.8, 4) is 0 Å². The van der Waals surface area contributed by atoms with Gasteiger partial charge in [-0.2, -0.15) is 26.3 Å². The second-order valence-electron chi connectivity index (χ2n) is 6.98. The van der Waals surface area contributed by atoms with Crippen LogP contribution in [0.2, 0.25) is 0 Å². The molecule has 186 valence electrons. The summed E-state index contributed by atoms with van der Waals surface area (Å²) in [6.07, 6.45) is -6.72. The number of halogens is 6. The molecule has 35 heavy (non-hydrogen) atoms. The normalized spacial score (nSPS) is 12.2. The number of amides is 1. The Balaban J connectivity index is 0.000000540. The van der Waals surface area contributed by atoms with Gasteiger partial charge >= 0.3 is 18.3 Å². The molecule has 0 aliphatic rings. The second kappa shape index (κ2) is 10.8. The van der Waals surface area contributed by atoms with E-state index in [0.29, 0.717) is 11.3 Å². The van der Waals surface area contributed by atoms with Crippen LogP contribution in [-0.4, -0.2) is 33.1 Å². The van der Waals surface area contributed by atoms with Crippen LogP contribution in [0.4, 0.5) is 26.3 Å².